The Morgan fingerprint density at radius 3 is 2.36 bits per heavy atom. The van der Waals surface area contributed by atoms with E-state index in [1.54, 1.807) is 52.2 Å². The normalized spacial score (nSPS) is 17.7. The fourth-order valence-corrected chi connectivity index (χ4v) is 6.31. The number of aromatic nitrogens is 5. The second-order valence-corrected chi connectivity index (χ2v) is 11.7. The highest BCUT2D eigenvalue weighted by molar-refractivity contribution is 6.39. The molecule has 0 saturated carbocycles. The quantitative estimate of drug-likeness (QED) is 0.314. The van der Waals surface area contributed by atoms with Crippen LogP contribution in [0.3, 0.4) is 0 Å². The van der Waals surface area contributed by atoms with Crippen molar-refractivity contribution >= 4 is 46.6 Å². The lowest BCUT2D eigenvalue weighted by atomic mass is 10.0. The third-order valence-electron chi connectivity index (χ3n) is 7.87. The van der Waals surface area contributed by atoms with E-state index in [9.17, 15) is 14.4 Å². The SMILES string of the molecule is Cc1ccc(-n2nc(C(=O)N3CCC(N4CCC(n5cc(-c6c(Cl)cccc6Cl)nn5)C4=O)CC3)ccc2=O)cc1Cl. The maximum absolute atomic E-state index is 13.4. The summed E-state index contributed by atoms with van der Waals surface area (Å²) < 4.78 is 2.77. The standard InChI is InChI=1S/C29H26Cl3N7O3/c1-17-5-6-19(15-22(17)32)39-26(40)8-7-23(34-39)28(41)36-12-9-18(10-13-36)37-14-11-25(29(37)42)38-16-24(33-35-38)27-20(30)3-2-4-21(27)31/h2-8,15-16,18,25H,9-14H2,1H3. The Hall–Kier alpha value is -3.73. The van der Waals surface area contributed by atoms with Crippen molar-refractivity contribution < 1.29 is 9.59 Å². The first-order chi connectivity index (χ1) is 20.2. The van der Waals surface area contributed by atoms with Crippen LogP contribution in [0.5, 0.6) is 0 Å². The van der Waals surface area contributed by atoms with Gasteiger partial charge in [-0.2, -0.15) is 9.78 Å². The van der Waals surface area contributed by atoms with Crippen LogP contribution in [-0.2, 0) is 4.79 Å². The van der Waals surface area contributed by atoms with Gasteiger partial charge in [-0.25, -0.2) is 4.68 Å². The number of benzene rings is 2. The van der Waals surface area contributed by atoms with Crippen LogP contribution >= 0.6 is 34.8 Å². The number of likely N-dealkylation sites (tertiary alicyclic amines) is 2. The Balaban J connectivity index is 1.11. The molecule has 2 aromatic carbocycles. The minimum absolute atomic E-state index is 0.00386. The Labute approximate surface area is 256 Å². The molecule has 0 radical (unpaired) electrons. The molecule has 2 amide bonds. The average Bonchev–Trinajstić information content (AvgIpc) is 3.61. The van der Waals surface area contributed by atoms with E-state index in [-0.39, 0.29) is 29.1 Å². The molecule has 0 aliphatic carbocycles. The minimum Gasteiger partial charge on any atom is -0.338 e. The number of aryl methyl sites for hydroxylation is 1. The van der Waals surface area contributed by atoms with Gasteiger partial charge in [0.25, 0.3) is 11.5 Å². The van der Waals surface area contributed by atoms with Gasteiger partial charge in [0.1, 0.15) is 17.4 Å². The van der Waals surface area contributed by atoms with E-state index >= 15 is 0 Å². The number of hydrogen-bond donors (Lipinski definition) is 0. The van der Waals surface area contributed by atoms with Gasteiger partial charge in [0.05, 0.1) is 21.9 Å². The highest BCUT2D eigenvalue weighted by Crippen LogP contribution is 2.35. The molecule has 1 atom stereocenters. The predicted octanol–water partition coefficient (Wildman–Crippen LogP) is 4.84. The van der Waals surface area contributed by atoms with E-state index in [4.69, 9.17) is 34.8 Å². The van der Waals surface area contributed by atoms with E-state index in [0.29, 0.717) is 70.9 Å². The fourth-order valence-electron chi connectivity index (χ4n) is 5.55. The summed E-state index contributed by atoms with van der Waals surface area (Å²) in [6.45, 7) is 3.39. The van der Waals surface area contributed by atoms with E-state index in [1.165, 1.54) is 16.8 Å². The number of carbonyl (C=O) groups is 2. The van der Waals surface area contributed by atoms with Gasteiger partial charge in [-0.1, -0.05) is 52.1 Å². The lowest BCUT2D eigenvalue weighted by molar-refractivity contribution is -0.133. The molecular formula is C29H26Cl3N7O3. The molecule has 1 unspecified atom stereocenters. The van der Waals surface area contributed by atoms with Crippen LogP contribution in [0.15, 0.2) is 59.5 Å². The Bertz CT molecular complexity index is 1730. The number of rotatable bonds is 5. The third kappa shape index (κ3) is 5.30. The van der Waals surface area contributed by atoms with Crippen LogP contribution in [-0.4, -0.2) is 72.1 Å². The molecule has 0 N–H and O–H groups in total. The van der Waals surface area contributed by atoms with E-state index in [0.717, 1.165) is 5.56 Å². The molecule has 13 heteroatoms. The third-order valence-corrected chi connectivity index (χ3v) is 8.91. The Morgan fingerprint density at radius 2 is 1.64 bits per heavy atom. The Morgan fingerprint density at radius 1 is 0.905 bits per heavy atom. The van der Waals surface area contributed by atoms with Gasteiger partial charge in [0.2, 0.25) is 5.91 Å². The molecule has 2 fully saturated rings. The van der Waals surface area contributed by atoms with Crippen LogP contribution < -0.4 is 5.56 Å². The summed E-state index contributed by atoms with van der Waals surface area (Å²) in [7, 11) is 0. The van der Waals surface area contributed by atoms with Crippen LogP contribution in [0.1, 0.15) is 41.4 Å². The molecule has 216 valence electrons. The zero-order valence-corrected chi connectivity index (χ0v) is 24.9. The predicted molar refractivity (Wildman–Crippen MR) is 159 cm³/mol. The van der Waals surface area contributed by atoms with Gasteiger partial charge >= 0.3 is 0 Å². The first-order valence-electron chi connectivity index (χ1n) is 13.5. The van der Waals surface area contributed by atoms with Gasteiger partial charge in [0.15, 0.2) is 0 Å². The molecule has 42 heavy (non-hydrogen) atoms. The van der Waals surface area contributed by atoms with Crippen molar-refractivity contribution in [2.45, 2.75) is 38.3 Å². The highest BCUT2D eigenvalue weighted by Gasteiger charge is 2.39. The molecule has 4 heterocycles. The summed E-state index contributed by atoms with van der Waals surface area (Å²) in [5.41, 5.74) is 2.26. The Kier molecular flexibility index (Phi) is 7.78. The molecule has 2 aromatic heterocycles. The monoisotopic (exact) mass is 625 g/mol. The number of halogens is 3. The van der Waals surface area contributed by atoms with Gasteiger partial charge in [-0.15, -0.1) is 5.10 Å². The van der Waals surface area contributed by atoms with Gasteiger partial charge in [0, 0.05) is 42.3 Å². The van der Waals surface area contributed by atoms with Crippen molar-refractivity contribution in [2.24, 2.45) is 0 Å². The summed E-state index contributed by atoms with van der Waals surface area (Å²) >= 11 is 18.9. The summed E-state index contributed by atoms with van der Waals surface area (Å²) in [5.74, 6) is -0.286. The topological polar surface area (TPSA) is 106 Å². The van der Waals surface area contributed by atoms with Gasteiger partial charge in [-0.05, 0) is 62.1 Å². The van der Waals surface area contributed by atoms with Crippen LogP contribution in [0, 0.1) is 6.92 Å². The number of amides is 2. The molecule has 0 bridgehead atoms. The molecule has 0 spiro atoms. The molecule has 10 nitrogen and oxygen atoms in total. The summed E-state index contributed by atoms with van der Waals surface area (Å²) in [4.78, 5) is 42.8. The summed E-state index contributed by atoms with van der Waals surface area (Å²) in [6, 6.07) is 12.7. The van der Waals surface area contributed by atoms with Crippen molar-refractivity contribution in [3.63, 3.8) is 0 Å². The van der Waals surface area contributed by atoms with E-state index in [1.807, 2.05) is 11.8 Å². The molecule has 4 aromatic rings. The average molecular weight is 627 g/mol. The maximum atomic E-state index is 13.4. The van der Waals surface area contributed by atoms with Crippen molar-refractivity contribution in [1.82, 2.24) is 34.6 Å². The molecule has 2 aliphatic heterocycles. The molecule has 2 aliphatic rings. The van der Waals surface area contributed by atoms with Gasteiger partial charge < -0.3 is 9.80 Å². The van der Waals surface area contributed by atoms with Crippen molar-refractivity contribution in [3.8, 4) is 16.9 Å². The lowest BCUT2D eigenvalue weighted by Gasteiger charge is -2.36. The zero-order chi connectivity index (χ0) is 29.5. The molecule has 2 saturated heterocycles. The molecule has 6 rings (SSSR count). The van der Waals surface area contributed by atoms with E-state index in [2.05, 4.69) is 15.4 Å². The first kappa shape index (κ1) is 28.4. The molecular weight excluding hydrogens is 601 g/mol. The summed E-state index contributed by atoms with van der Waals surface area (Å²) in [5, 5.41) is 14.2. The van der Waals surface area contributed by atoms with Crippen LogP contribution in [0.4, 0.5) is 0 Å². The number of piperidine rings is 1. The largest absolute Gasteiger partial charge is 0.338 e. The van der Waals surface area contributed by atoms with Crippen molar-refractivity contribution in [1.29, 1.82) is 0 Å². The second-order valence-electron chi connectivity index (χ2n) is 10.4. The van der Waals surface area contributed by atoms with E-state index < -0.39 is 6.04 Å². The van der Waals surface area contributed by atoms with Gasteiger partial charge in [-0.3, -0.25) is 14.4 Å². The fraction of sp³-hybridized carbons (Fsp3) is 0.310. The summed E-state index contributed by atoms with van der Waals surface area (Å²) in [6.07, 6.45) is 3.58. The number of hydrogen-bond acceptors (Lipinski definition) is 6. The maximum Gasteiger partial charge on any atom is 0.274 e. The smallest absolute Gasteiger partial charge is 0.274 e. The number of carbonyl (C=O) groups excluding carboxylic acids is 2. The lowest BCUT2D eigenvalue weighted by Crippen LogP contribution is -2.48. The van der Waals surface area contributed by atoms with Crippen molar-refractivity contribution in [3.05, 3.63) is 91.4 Å². The second kappa shape index (κ2) is 11.5. The number of nitrogens with zero attached hydrogens (tertiary/aromatic N) is 7. The first-order valence-corrected chi connectivity index (χ1v) is 14.7. The zero-order valence-electron chi connectivity index (χ0n) is 22.6. The highest BCUT2D eigenvalue weighted by atomic mass is 35.5. The van der Waals surface area contributed by atoms with Crippen molar-refractivity contribution in [2.75, 3.05) is 19.6 Å². The van der Waals surface area contributed by atoms with Crippen LogP contribution in [0.2, 0.25) is 15.1 Å². The van der Waals surface area contributed by atoms with Crippen LogP contribution in [0.25, 0.3) is 16.9 Å². The minimum atomic E-state index is -0.465.